The molecule has 2 aliphatic rings. The average Bonchev–Trinajstić information content (AvgIpc) is 2.16. The molecule has 0 saturated heterocycles. The van der Waals surface area contributed by atoms with Crippen LogP contribution in [0.3, 0.4) is 0 Å². The molecule has 3 atom stereocenters. The van der Waals surface area contributed by atoms with Gasteiger partial charge in [-0.05, 0) is 31.1 Å². The first-order chi connectivity index (χ1) is 6.92. The molecule has 0 spiro atoms. The fourth-order valence-electron chi connectivity index (χ4n) is 3.15. The molecule has 15 heavy (non-hydrogen) atoms. The molecule has 4 heteroatoms. The lowest BCUT2D eigenvalue weighted by Crippen LogP contribution is -2.50. The van der Waals surface area contributed by atoms with Crippen molar-refractivity contribution in [2.75, 3.05) is 0 Å². The second kappa shape index (κ2) is 3.65. The second-order valence-electron chi connectivity index (χ2n) is 5.08. The maximum Gasteiger partial charge on any atom is 0.417 e. The predicted octanol–water partition coefficient (Wildman–Crippen LogP) is 3.27. The number of hydrogen-bond acceptors (Lipinski definition) is 1. The Kier molecular flexibility index (Phi) is 2.73. The zero-order valence-corrected chi connectivity index (χ0v) is 8.69. The minimum atomic E-state index is -4.45. The Morgan fingerprint density at radius 2 is 1.60 bits per heavy atom. The molecule has 2 rings (SSSR count). The molecule has 88 valence electrons. The van der Waals surface area contributed by atoms with Crippen LogP contribution in [0.4, 0.5) is 13.2 Å². The van der Waals surface area contributed by atoms with Crippen molar-refractivity contribution in [3.8, 4) is 0 Å². The normalized spacial score (nSPS) is 42.4. The van der Waals surface area contributed by atoms with Gasteiger partial charge in [-0.2, -0.15) is 13.2 Å². The summed E-state index contributed by atoms with van der Waals surface area (Å²) >= 11 is 0. The van der Waals surface area contributed by atoms with Gasteiger partial charge < -0.3 is 5.11 Å². The van der Waals surface area contributed by atoms with Gasteiger partial charge in [0.2, 0.25) is 0 Å². The number of hydrogen-bond donors (Lipinski definition) is 1. The molecule has 0 aliphatic heterocycles. The Labute approximate surface area is 87.7 Å². The Morgan fingerprint density at radius 1 is 1.00 bits per heavy atom. The Balaban J connectivity index is 2.07. The van der Waals surface area contributed by atoms with E-state index in [1.807, 2.05) is 0 Å². The van der Waals surface area contributed by atoms with Crippen LogP contribution in [0.2, 0.25) is 0 Å². The minimum Gasteiger partial charge on any atom is -0.380 e. The van der Waals surface area contributed by atoms with Crippen LogP contribution in [0.25, 0.3) is 0 Å². The fraction of sp³-hybridized carbons (Fsp3) is 1.00. The lowest BCUT2D eigenvalue weighted by molar-refractivity contribution is -0.278. The first-order valence-electron chi connectivity index (χ1n) is 5.71. The number of aliphatic hydroxyl groups is 1. The summed E-state index contributed by atoms with van der Waals surface area (Å²) < 4.78 is 37.9. The van der Waals surface area contributed by atoms with Crippen molar-refractivity contribution in [1.82, 2.24) is 0 Å². The van der Waals surface area contributed by atoms with Crippen molar-refractivity contribution >= 4 is 0 Å². The highest BCUT2D eigenvalue weighted by Gasteiger charge is 2.56. The van der Waals surface area contributed by atoms with E-state index in [0.717, 1.165) is 25.7 Å². The lowest BCUT2D eigenvalue weighted by Gasteiger charge is -2.44. The van der Waals surface area contributed by atoms with Gasteiger partial charge in [0.15, 0.2) is 5.60 Å². The van der Waals surface area contributed by atoms with Gasteiger partial charge in [0.25, 0.3) is 0 Å². The van der Waals surface area contributed by atoms with Gasteiger partial charge in [0.05, 0.1) is 0 Å². The molecule has 3 unspecified atom stereocenters. The molecule has 0 amide bonds. The van der Waals surface area contributed by atoms with E-state index in [4.69, 9.17) is 0 Å². The van der Waals surface area contributed by atoms with Crippen molar-refractivity contribution in [1.29, 1.82) is 0 Å². The SMILES string of the molecule is OC1(C(F)(F)F)CCC2CCCCC2C1. The zero-order chi connectivity index (χ0) is 11.1. The molecule has 1 N–H and O–H groups in total. The number of rotatable bonds is 0. The molecule has 0 aromatic heterocycles. The molecule has 0 aromatic rings. The number of alkyl halides is 3. The summed E-state index contributed by atoms with van der Waals surface area (Å²) in [6, 6.07) is 0. The van der Waals surface area contributed by atoms with Crippen LogP contribution in [-0.4, -0.2) is 16.9 Å². The Hall–Kier alpha value is -0.250. The molecule has 0 aromatic carbocycles. The quantitative estimate of drug-likeness (QED) is 0.667. The van der Waals surface area contributed by atoms with Crippen LogP contribution in [-0.2, 0) is 0 Å². The molecular weight excluding hydrogens is 205 g/mol. The third kappa shape index (κ3) is 2.01. The van der Waals surface area contributed by atoms with E-state index < -0.39 is 11.8 Å². The van der Waals surface area contributed by atoms with Crippen LogP contribution in [0.1, 0.15) is 44.9 Å². The van der Waals surface area contributed by atoms with Crippen LogP contribution in [0.15, 0.2) is 0 Å². The van der Waals surface area contributed by atoms with E-state index in [1.165, 1.54) is 0 Å². The first-order valence-corrected chi connectivity index (χ1v) is 5.71. The lowest BCUT2D eigenvalue weighted by atomic mass is 9.65. The van der Waals surface area contributed by atoms with Crippen LogP contribution in [0, 0.1) is 11.8 Å². The highest BCUT2D eigenvalue weighted by atomic mass is 19.4. The van der Waals surface area contributed by atoms with Gasteiger partial charge in [0.1, 0.15) is 0 Å². The monoisotopic (exact) mass is 222 g/mol. The highest BCUT2D eigenvalue weighted by Crippen LogP contribution is 2.49. The van der Waals surface area contributed by atoms with Crippen molar-refractivity contribution in [2.45, 2.75) is 56.7 Å². The minimum absolute atomic E-state index is 0.0683. The average molecular weight is 222 g/mol. The first kappa shape index (κ1) is 11.2. The summed E-state index contributed by atoms with van der Waals surface area (Å²) in [6.45, 7) is 0. The number of halogens is 3. The summed E-state index contributed by atoms with van der Waals surface area (Å²) in [7, 11) is 0. The van der Waals surface area contributed by atoms with Crippen LogP contribution >= 0.6 is 0 Å². The molecule has 2 aliphatic carbocycles. The smallest absolute Gasteiger partial charge is 0.380 e. The van der Waals surface area contributed by atoms with Gasteiger partial charge in [0, 0.05) is 0 Å². The van der Waals surface area contributed by atoms with Gasteiger partial charge in [-0.3, -0.25) is 0 Å². The second-order valence-corrected chi connectivity index (χ2v) is 5.08. The summed E-state index contributed by atoms with van der Waals surface area (Å²) in [5.74, 6) is 0.528. The van der Waals surface area contributed by atoms with E-state index in [-0.39, 0.29) is 18.8 Å². The highest BCUT2D eigenvalue weighted by molar-refractivity contribution is 4.96. The fourth-order valence-corrected chi connectivity index (χ4v) is 3.15. The van der Waals surface area contributed by atoms with Crippen LogP contribution in [0.5, 0.6) is 0 Å². The Bertz CT molecular complexity index is 238. The largest absolute Gasteiger partial charge is 0.417 e. The standard InChI is InChI=1S/C11H17F3O/c12-11(13,14)10(15)6-5-8-3-1-2-4-9(8)7-10/h8-9,15H,1-7H2. The third-order valence-corrected chi connectivity index (χ3v) is 4.12. The van der Waals surface area contributed by atoms with Crippen molar-refractivity contribution in [3.05, 3.63) is 0 Å². The molecule has 0 radical (unpaired) electrons. The molecule has 2 fully saturated rings. The van der Waals surface area contributed by atoms with Gasteiger partial charge in [-0.1, -0.05) is 25.7 Å². The Morgan fingerprint density at radius 3 is 2.20 bits per heavy atom. The maximum absolute atomic E-state index is 12.6. The van der Waals surface area contributed by atoms with E-state index in [0.29, 0.717) is 12.3 Å². The van der Waals surface area contributed by atoms with Gasteiger partial charge in [-0.25, -0.2) is 0 Å². The summed E-state index contributed by atoms with van der Waals surface area (Å²) in [6.07, 6.45) is 0.0112. The number of fused-ring (bicyclic) bond motifs is 1. The molecule has 1 nitrogen and oxygen atoms in total. The molecular formula is C11H17F3O. The molecule has 0 bridgehead atoms. The van der Waals surface area contributed by atoms with Crippen molar-refractivity contribution < 1.29 is 18.3 Å². The maximum atomic E-state index is 12.6. The van der Waals surface area contributed by atoms with Crippen molar-refractivity contribution in [3.63, 3.8) is 0 Å². The molecule has 2 saturated carbocycles. The topological polar surface area (TPSA) is 20.2 Å². The predicted molar refractivity (Wildman–Crippen MR) is 50.3 cm³/mol. The summed E-state index contributed by atoms with van der Waals surface area (Å²) in [5, 5.41) is 9.62. The van der Waals surface area contributed by atoms with E-state index in [1.54, 1.807) is 0 Å². The van der Waals surface area contributed by atoms with Crippen LogP contribution < -0.4 is 0 Å². The zero-order valence-electron chi connectivity index (χ0n) is 8.69. The van der Waals surface area contributed by atoms with E-state index >= 15 is 0 Å². The third-order valence-electron chi connectivity index (χ3n) is 4.12. The molecule has 0 heterocycles. The van der Waals surface area contributed by atoms with E-state index in [9.17, 15) is 18.3 Å². The van der Waals surface area contributed by atoms with Gasteiger partial charge >= 0.3 is 6.18 Å². The van der Waals surface area contributed by atoms with E-state index in [2.05, 4.69) is 0 Å². The van der Waals surface area contributed by atoms with Gasteiger partial charge in [-0.15, -0.1) is 0 Å². The summed E-state index contributed by atoms with van der Waals surface area (Å²) in [4.78, 5) is 0. The summed E-state index contributed by atoms with van der Waals surface area (Å²) in [5.41, 5.74) is -2.40. The van der Waals surface area contributed by atoms with Crippen molar-refractivity contribution in [2.24, 2.45) is 11.8 Å².